The summed E-state index contributed by atoms with van der Waals surface area (Å²) in [6.07, 6.45) is 0. The molecule has 1 heterocycles. The minimum absolute atomic E-state index is 0.132. The van der Waals surface area contributed by atoms with E-state index >= 15 is 0 Å². The molecule has 0 bridgehead atoms. The standard InChI is InChI=1S/C15H22Br2N2O/c1-15(2,3)14(19-6-4-18-5-7-19)10-8-11(16)13(20)12(17)9-10/h8-9,14,18,20H,4-7H2,1-3H3/t14-/m1/s1. The van der Waals surface area contributed by atoms with Gasteiger partial charge in [0, 0.05) is 32.2 Å². The van der Waals surface area contributed by atoms with Gasteiger partial charge in [-0.2, -0.15) is 0 Å². The van der Waals surface area contributed by atoms with Crippen LogP contribution in [0.1, 0.15) is 32.4 Å². The third-order valence-electron chi connectivity index (χ3n) is 3.69. The molecule has 1 atom stereocenters. The lowest BCUT2D eigenvalue weighted by molar-refractivity contribution is 0.0861. The van der Waals surface area contributed by atoms with Gasteiger partial charge >= 0.3 is 0 Å². The third kappa shape index (κ3) is 3.56. The van der Waals surface area contributed by atoms with Crippen LogP contribution in [0.2, 0.25) is 0 Å². The number of rotatable bonds is 2. The van der Waals surface area contributed by atoms with Crippen molar-refractivity contribution in [2.45, 2.75) is 26.8 Å². The summed E-state index contributed by atoms with van der Waals surface area (Å²) in [6, 6.07) is 4.41. The number of halogens is 2. The molecule has 0 unspecified atom stereocenters. The Morgan fingerprint density at radius 3 is 2.10 bits per heavy atom. The fourth-order valence-electron chi connectivity index (χ4n) is 2.94. The van der Waals surface area contributed by atoms with Gasteiger partial charge in [0.25, 0.3) is 0 Å². The van der Waals surface area contributed by atoms with Crippen molar-refractivity contribution in [3.05, 3.63) is 26.6 Å². The molecule has 112 valence electrons. The van der Waals surface area contributed by atoms with Crippen LogP contribution in [0.25, 0.3) is 0 Å². The topological polar surface area (TPSA) is 35.5 Å². The highest BCUT2D eigenvalue weighted by atomic mass is 79.9. The van der Waals surface area contributed by atoms with E-state index in [4.69, 9.17) is 0 Å². The Hall–Kier alpha value is -0.100. The number of nitrogens with one attached hydrogen (secondary N) is 1. The lowest BCUT2D eigenvalue weighted by Crippen LogP contribution is -2.48. The van der Waals surface area contributed by atoms with Gasteiger partial charge in [-0.1, -0.05) is 20.8 Å². The average Bonchev–Trinajstić information content (AvgIpc) is 2.35. The van der Waals surface area contributed by atoms with Crippen LogP contribution in [0.4, 0.5) is 0 Å². The zero-order valence-corrected chi connectivity index (χ0v) is 15.4. The molecule has 20 heavy (non-hydrogen) atoms. The van der Waals surface area contributed by atoms with Gasteiger partial charge in [-0.3, -0.25) is 4.90 Å². The van der Waals surface area contributed by atoms with E-state index in [9.17, 15) is 5.11 Å². The summed E-state index contributed by atoms with van der Waals surface area (Å²) >= 11 is 6.89. The summed E-state index contributed by atoms with van der Waals surface area (Å²) in [6.45, 7) is 11.0. The Morgan fingerprint density at radius 2 is 1.65 bits per heavy atom. The van der Waals surface area contributed by atoms with E-state index in [0.717, 1.165) is 35.1 Å². The second-order valence-electron chi connectivity index (χ2n) is 6.39. The first-order valence-corrected chi connectivity index (χ1v) is 8.52. The Kier molecular flexibility index (Phi) is 5.16. The Labute approximate surface area is 138 Å². The van der Waals surface area contributed by atoms with Crippen LogP contribution in [-0.2, 0) is 0 Å². The molecular formula is C15H22Br2N2O. The van der Waals surface area contributed by atoms with Crippen LogP contribution in [0.5, 0.6) is 5.75 Å². The molecule has 1 saturated heterocycles. The van der Waals surface area contributed by atoms with Crippen LogP contribution in [0.3, 0.4) is 0 Å². The molecule has 0 saturated carbocycles. The predicted octanol–water partition coefficient (Wildman–Crippen LogP) is 3.91. The van der Waals surface area contributed by atoms with E-state index in [1.54, 1.807) is 0 Å². The molecule has 2 rings (SSSR count). The maximum Gasteiger partial charge on any atom is 0.143 e. The summed E-state index contributed by atoms with van der Waals surface area (Å²) in [5.41, 5.74) is 1.36. The molecule has 1 aromatic carbocycles. The number of piperazine rings is 1. The summed E-state index contributed by atoms with van der Waals surface area (Å²) in [5.74, 6) is 0.265. The van der Waals surface area contributed by atoms with Gasteiger partial charge in [0.1, 0.15) is 5.75 Å². The Morgan fingerprint density at radius 1 is 1.15 bits per heavy atom. The highest BCUT2D eigenvalue weighted by Gasteiger charge is 2.33. The maximum absolute atomic E-state index is 9.91. The third-order valence-corrected chi connectivity index (χ3v) is 4.90. The van der Waals surface area contributed by atoms with Gasteiger partial charge < -0.3 is 10.4 Å². The molecule has 1 aromatic rings. The van der Waals surface area contributed by atoms with Crippen molar-refractivity contribution in [3.63, 3.8) is 0 Å². The molecule has 0 spiro atoms. The zero-order chi connectivity index (χ0) is 14.9. The molecule has 0 radical (unpaired) electrons. The maximum atomic E-state index is 9.91. The molecular weight excluding hydrogens is 384 g/mol. The zero-order valence-electron chi connectivity index (χ0n) is 12.2. The van der Waals surface area contributed by atoms with Crippen LogP contribution in [0.15, 0.2) is 21.1 Å². The summed E-state index contributed by atoms with van der Waals surface area (Å²) in [5, 5.41) is 13.3. The lowest BCUT2D eigenvalue weighted by Gasteiger charge is -2.42. The smallest absolute Gasteiger partial charge is 0.143 e. The molecule has 5 heteroatoms. The van der Waals surface area contributed by atoms with Crippen molar-refractivity contribution < 1.29 is 5.11 Å². The summed E-state index contributed by atoms with van der Waals surface area (Å²) < 4.78 is 1.48. The predicted molar refractivity (Wildman–Crippen MR) is 90.1 cm³/mol. The van der Waals surface area contributed by atoms with Crippen molar-refractivity contribution in [3.8, 4) is 5.75 Å². The normalized spacial score (nSPS) is 19.1. The molecule has 3 nitrogen and oxygen atoms in total. The molecule has 0 aliphatic carbocycles. The van der Waals surface area contributed by atoms with Crippen molar-refractivity contribution in [1.82, 2.24) is 10.2 Å². The second kappa shape index (κ2) is 6.34. The monoisotopic (exact) mass is 404 g/mol. The van der Waals surface area contributed by atoms with Crippen LogP contribution >= 0.6 is 31.9 Å². The van der Waals surface area contributed by atoms with E-state index in [2.05, 4.69) is 62.8 Å². The van der Waals surface area contributed by atoms with Gasteiger partial charge in [0.2, 0.25) is 0 Å². The summed E-state index contributed by atoms with van der Waals surface area (Å²) in [4.78, 5) is 2.53. The minimum atomic E-state index is 0.132. The lowest BCUT2D eigenvalue weighted by atomic mass is 9.81. The molecule has 2 N–H and O–H groups in total. The van der Waals surface area contributed by atoms with E-state index in [0.29, 0.717) is 6.04 Å². The first kappa shape index (κ1) is 16.3. The fraction of sp³-hybridized carbons (Fsp3) is 0.600. The molecule has 0 aromatic heterocycles. The van der Waals surface area contributed by atoms with Crippen molar-refractivity contribution in [2.24, 2.45) is 5.41 Å². The largest absolute Gasteiger partial charge is 0.506 e. The van der Waals surface area contributed by atoms with Crippen LogP contribution in [-0.4, -0.2) is 36.2 Å². The first-order valence-electron chi connectivity index (χ1n) is 6.93. The van der Waals surface area contributed by atoms with Crippen LogP contribution in [0, 0.1) is 5.41 Å². The number of aromatic hydroxyl groups is 1. The SMILES string of the molecule is CC(C)(C)[C@@H](c1cc(Br)c(O)c(Br)c1)N1CCNCC1. The molecule has 0 amide bonds. The van der Waals surface area contributed by atoms with Gasteiger partial charge in [-0.05, 0) is 55.0 Å². The number of phenolic OH excluding ortho intramolecular Hbond substituents is 1. The number of nitrogens with zero attached hydrogens (tertiary/aromatic N) is 1. The molecule has 1 fully saturated rings. The van der Waals surface area contributed by atoms with Gasteiger partial charge in [-0.25, -0.2) is 0 Å². The van der Waals surface area contributed by atoms with E-state index in [1.165, 1.54) is 5.56 Å². The highest BCUT2D eigenvalue weighted by molar-refractivity contribution is 9.11. The summed E-state index contributed by atoms with van der Waals surface area (Å²) in [7, 11) is 0. The average molecular weight is 406 g/mol. The second-order valence-corrected chi connectivity index (χ2v) is 8.10. The van der Waals surface area contributed by atoms with Gasteiger partial charge in [0.15, 0.2) is 0 Å². The quantitative estimate of drug-likeness (QED) is 0.782. The van der Waals surface area contributed by atoms with Crippen molar-refractivity contribution >= 4 is 31.9 Å². The number of benzene rings is 1. The van der Waals surface area contributed by atoms with Crippen LogP contribution < -0.4 is 5.32 Å². The van der Waals surface area contributed by atoms with Crippen molar-refractivity contribution in [2.75, 3.05) is 26.2 Å². The van der Waals surface area contributed by atoms with Gasteiger partial charge in [-0.15, -0.1) is 0 Å². The van der Waals surface area contributed by atoms with E-state index < -0.39 is 0 Å². The van der Waals surface area contributed by atoms with Crippen molar-refractivity contribution in [1.29, 1.82) is 0 Å². The number of hydrogen-bond donors (Lipinski definition) is 2. The van der Waals surface area contributed by atoms with Gasteiger partial charge in [0.05, 0.1) is 8.95 Å². The first-order chi connectivity index (χ1) is 9.30. The Bertz CT molecular complexity index is 456. The minimum Gasteiger partial charge on any atom is -0.506 e. The Balaban J connectivity index is 2.41. The molecule has 1 aliphatic rings. The number of hydrogen-bond acceptors (Lipinski definition) is 3. The molecule has 1 aliphatic heterocycles. The fourth-order valence-corrected chi connectivity index (χ4v) is 4.16. The van der Waals surface area contributed by atoms with E-state index in [-0.39, 0.29) is 11.2 Å². The number of phenols is 1. The van der Waals surface area contributed by atoms with E-state index in [1.807, 2.05) is 12.1 Å². The highest BCUT2D eigenvalue weighted by Crippen LogP contribution is 2.42.